The van der Waals surface area contributed by atoms with Crippen LogP contribution in [0.4, 0.5) is 0 Å². The van der Waals surface area contributed by atoms with Gasteiger partial charge in [-0.2, -0.15) is 0 Å². The van der Waals surface area contributed by atoms with E-state index in [0.29, 0.717) is 11.3 Å². The first kappa shape index (κ1) is 19.9. The van der Waals surface area contributed by atoms with Crippen LogP contribution in [-0.4, -0.2) is 23.1 Å². The number of amides is 1. The molecule has 0 aliphatic heterocycles. The number of carbonyl (C=O) groups excluding carboxylic acids is 1. The summed E-state index contributed by atoms with van der Waals surface area (Å²) in [5, 5.41) is 12.0. The molecule has 1 atom stereocenters. The Hall–Kier alpha value is -2.82. The maximum Gasteiger partial charge on any atom is 0.335 e. The summed E-state index contributed by atoms with van der Waals surface area (Å²) in [6.07, 6.45) is 5.81. The molecule has 3 rings (SSSR count). The topological polar surface area (TPSA) is 75.6 Å². The third-order valence-electron chi connectivity index (χ3n) is 5.23. The SMILES string of the molecule is Cc1ccc(OC2CCCCC2)c(C(=O)N[C@@H](C)c2ccc(C(=O)O)cc2)c1. The van der Waals surface area contributed by atoms with Gasteiger partial charge in [0.2, 0.25) is 0 Å². The van der Waals surface area contributed by atoms with Gasteiger partial charge in [-0.1, -0.05) is 30.2 Å². The van der Waals surface area contributed by atoms with Gasteiger partial charge in [-0.15, -0.1) is 0 Å². The molecule has 5 nitrogen and oxygen atoms in total. The number of nitrogens with one attached hydrogen (secondary N) is 1. The molecule has 1 amide bonds. The van der Waals surface area contributed by atoms with Crippen LogP contribution in [0.3, 0.4) is 0 Å². The van der Waals surface area contributed by atoms with Crippen molar-refractivity contribution in [1.82, 2.24) is 5.32 Å². The molecule has 2 N–H and O–H groups in total. The second kappa shape index (κ2) is 8.91. The zero-order chi connectivity index (χ0) is 20.1. The van der Waals surface area contributed by atoms with E-state index in [1.165, 1.54) is 19.3 Å². The lowest BCUT2D eigenvalue weighted by Crippen LogP contribution is -2.28. The van der Waals surface area contributed by atoms with Crippen LogP contribution in [0.1, 0.15) is 76.9 Å². The summed E-state index contributed by atoms with van der Waals surface area (Å²) < 4.78 is 6.17. The van der Waals surface area contributed by atoms with Crippen LogP contribution in [0.2, 0.25) is 0 Å². The maximum absolute atomic E-state index is 12.9. The van der Waals surface area contributed by atoms with Crippen molar-refractivity contribution in [3.8, 4) is 5.75 Å². The van der Waals surface area contributed by atoms with Gasteiger partial charge in [0.15, 0.2) is 0 Å². The van der Waals surface area contributed by atoms with E-state index in [1.54, 1.807) is 24.3 Å². The van der Waals surface area contributed by atoms with Gasteiger partial charge < -0.3 is 15.2 Å². The zero-order valence-electron chi connectivity index (χ0n) is 16.4. The van der Waals surface area contributed by atoms with Crippen molar-refractivity contribution in [3.63, 3.8) is 0 Å². The van der Waals surface area contributed by atoms with Crippen molar-refractivity contribution in [2.45, 2.75) is 58.1 Å². The highest BCUT2D eigenvalue weighted by Crippen LogP contribution is 2.27. The van der Waals surface area contributed by atoms with E-state index in [-0.39, 0.29) is 23.6 Å². The second-order valence-electron chi connectivity index (χ2n) is 7.50. The zero-order valence-corrected chi connectivity index (χ0v) is 16.4. The lowest BCUT2D eigenvalue weighted by molar-refractivity contribution is 0.0696. The highest BCUT2D eigenvalue weighted by Gasteiger charge is 2.20. The third kappa shape index (κ3) is 4.91. The van der Waals surface area contributed by atoms with Crippen molar-refractivity contribution in [2.75, 3.05) is 0 Å². The first-order chi connectivity index (χ1) is 13.4. The van der Waals surface area contributed by atoms with E-state index in [9.17, 15) is 9.59 Å². The van der Waals surface area contributed by atoms with E-state index in [2.05, 4.69) is 5.32 Å². The van der Waals surface area contributed by atoms with Crippen molar-refractivity contribution < 1.29 is 19.4 Å². The van der Waals surface area contributed by atoms with Gasteiger partial charge in [-0.05, 0) is 69.4 Å². The first-order valence-corrected chi connectivity index (χ1v) is 9.85. The molecule has 0 saturated heterocycles. The van der Waals surface area contributed by atoms with Gasteiger partial charge in [0.25, 0.3) is 5.91 Å². The van der Waals surface area contributed by atoms with E-state index in [1.807, 2.05) is 32.0 Å². The normalized spacial score (nSPS) is 15.6. The molecule has 0 bridgehead atoms. The number of carboxylic acids is 1. The Bertz CT molecular complexity index is 838. The quantitative estimate of drug-likeness (QED) is 0.746. The largest absolute Gasteiger partial charge is 0.490 e. The predicted octanol–water partition coefficient (Wildman–Crippen LogP) is 4.90. The van der Waals surface area contributed by atoms with Gasteiger partial charge in [0.1, 0.15) is 5.75 Å². The fourth-order valence-electron chi connectivity index (χ4n) is 3.56. The molecule has 0 heterocycles. The molecule has 2 aromatic carbocycles. The fraction of sp³-hybridized carbons (Fsp3) is 0.391. The molecule has 5 heteroatoms. The molecule has 0 spiro atoms. The molecule has 1 aliphatic carbocycles. The highest BCUT2D eigenvalue weighted by molar-refractivity contribution is 5.97. The smallest absolute Gasteiger partial charge is 0.335 e. The van der Waals surface area contributed by atoms with Crippen LogP contribution in [0.25, 0.3) is 0 Å². The van der Waals surface area contributed by atoms with E-state index < -0.39 is 5.97 Å². The predicted molar refractivity (Wildman–Crippen MR) is 108 cm³/mol. The Morgan fingerprint density at radius 3 is 2.39 bits per heavy atom. The van der Waals surface area contributed by atoms with Gasteiger partial charge >= 0.3 is 5.97 Å². The molecule has 1 aliphatic rings. The van der Waals surface area contributed by atoms with Crippen LogP contribution in [-0.2, 0) is 0 Å². The summed E-state index contributed by atoms with van der Waals surface area (Å²) in [5.74, 6) is -0.528. The average Bonchev–Trinajstić information content (AvgIpc) is 2.70. The van der Waals surface area contributed by atoms with Crippen LogP contribution < -0.4 is 10.1 Å². The number of aryl methyl sites for hydroxylation is 1. The van der Waals surface area contributed by atoms with E-state index in [4.69, 9.17) is 9.84 Å². The number of benzene rings is 2. The number of carbonyl (C=O) groups is 2. The Kier molecular flexibility index (Phi) is 6.34. The lowest BCUT2D eigenvalue weighted by Gasteiger charge is -2.24. The molecular formula is C23H27NO4. The van der Waals surface area contributed by atoms with Crippen LogP contribution in [0, 0.1) is 6.92 Å². The summed E-state index contributed by atoms with van der Waals surface area (Å²) >= 11 is 0. The minimum absolute atomic E-state index is 0.170. The highest BCUT2D eigenvalue weighted by atomic mass is 16.5. The summed E-state index contributed by atoms with van der Waals surface area (Å²) in [6, 6.07) is 12.0. The summed E-state index contributed by atoms with van der Waals surface area (Å²) in [6.45, 7) is 3.83. The maximum atomic E-state index is 12.9. The van der Waals surface area contributed by atoms with Gasteiger partial charge in [-0.25, -0.2) is 4.79 Å². The molecule has 2 aromatic rings. The Morgan fingerprint density at radius 2 is 1.75 bits per heavy atom. The van der Waals surface area contributed by atoms with Crippen LogP contribution in [0.5, 0.6) is 5.75 Å². The van der Waals surface area contributed by atoms with Crippen molar-refractivity contribution in [2.24, 2.45) is 0 Å². The van der Waals surface area contributed by atoms with Crippen molar-refractivity contribution in [3.05, 3.63) is 64.7 Å². The molecule has 0 aromatic heterocycles. The standard InChI is InChI=1S/C23H27NO4/c1-15-8-13-21(28-19-6-4-3-5-7-19)20(14-15)22(25)24-16(2)17-9-11-18(12-10-17)23(26)27/h8-14,16,19H,3-7H2,1-2H3,(H,24,25)(H,26,27)/t16-/m0/s1. The second-order valence-corrected chi connectivity index (χ2v) is 7.50. The fourth-order valence-corrected chi connectivity index (χ4v) is 3.56. The molecule has 0 radical (unpaired) electrons. The molecule has 0 unspecified atom stereocenters. The van der Waals surface area contributed by atoms with Crippen LogP contribution in [0.15, 0.2) is 42.5 Å². The molecule has 1 fully saturated rings. The number of hydrogen-bond donors (Lipinski definition) is 2. The number of rotatable bonds is 6. The van der Waals surface area contributed by atoms with E-state index in [0.717, 1.165) is 24.0 Å². The Balaban J connectivity index is 1.73. The number of aromatic carboxylic acids is 1. The van der Waals surface area contributed by atoms with Gasteiger partial charge in [-0.3, -0.25) is 4.79 Å². The molecule has 148 valence electrons. The molecule has 28 heavy (non-hydrogen) atoms. The summed E-state index contributed by atoms with van der Waals surface area (Å²) in [5.41, 5.74) is 2.61. The van der Waals surface area contributed by atoms with Crippen molar-refractivity contribution >= 4 is 11.9 Å². The molecule has 1 saturated carbocycles. The number of carboxylic acid groups (broad SMARTS) is 1. The minimum Gasteiger partial charge on any atom is -0.490 e. The minimum atomic E-state index is -0.965. The summed E-state index contributed by atoms with van der Waals surface area (Å²) in [7, 11) is 0. The van der Waals surface area contributed by atoms with Gasteiger partial charge in [0, 0.05) is 0 Å². The third-order valence-corrected chi connectivity index (χ3v) is 5.23. The number of ether oxygens (including phenoxy) is 1. The monoisotopic (exact) mass is 381 g/mol. The Labute approximate surface area is 165 Å². The summed E-state index contributed by atoms with van der Waals surface area (Å²) in [4.78, 5) is 23.9. The Morgan fingerprint density at radius 1 is 1.07 bits per heavy atom. The van der Waals surface area contributed by atoms with Crippen molar-refractivity contribution in [1.29, 1.82) is 0 Å². The van der Waals surface area contributed by atoms with Crippen LogP contribution >= 0.6 is 0 Å². The first-order valence-electron chi connectivity index (χ1n) is 9.85. The van der Waals surface area contributed by atoms with E-state index >= 15 is 0 Å². The van der Waals surface area contributed by atoms with Gasteiger partial charge in [0.05, 0.1) is 23.3 Å². The average molecular weight is 381 g/mol. The lowest BCUT2D eigenvalue weighted by atomic mass is 9.97. The number of hydrogen-bond acceptors (Lipinski definition) is 3. The molecular weight excluding hydrogens is 354 g/mol.